The molecule has 8 nitrogen and oxygen atoms in total. The number of thioether (sulfide) groups is 1. The van der Waals surface area contributed by atoms with Gasteiger partial charge in [0.1, 0.15) is 5.75 Å². The summed E-state index contributed by atoms with van der Waals surface area (Å²) in [6.07, 6.45) is 0.605. The lowest BCUT2D eigenvalue weighted by molar-refractivity contribution is -0.139. The fourth-order valence-corrected chi connectivity index (χ4v) is 5.51. The molecule has 1 atom stereocenters. The van der Waals surface area contributed by atoms with E-state index in [1.54, 1.807) is 4.90 Å². The van der Waals surface area contributed by atoms with Gasteiger partial charge in [-0.15, -0.1) is 5.10 Å². The van der Waals surface area contributed by atoms with Crippen molar-refractivity contribution in [2.24, 2.45) is 5.10 Å². The highest BCUT2D eigenvalue weighted by Gasteiger charge is 2.61. The molecule has 0 aromatic heterocycles. The van der Waals surface area contributed by atoms with Crippen molar-refractivity contribution in [3.63, 3.8) is 0 Å². The standard InChI is InChI=1S/C24H26N4O4S/c1-15-9-5-6-12-20(15)32-14-8-13-27-21-16(2)10-7-11-19(21)24(22(27)31)28(18(4)30)26-23(33-24)25-17(3)29/h5-7,9-12H,8,13-14H2,1-4H3,(H,25,26,29)/t24-/m0/s1. The van der Waals surface area contributed by atoms with Gasteiger partial charge < -0.3 is 15.0 Å². The second-order valence-corrected chi connectivity index (χ2v) is 9.24. The fraction of sp³-hybridized carbons (Fsp3) is 0.333. The largest absolute Gasteiger partial charge is 0.493 e. The number of hydrogen-bond donors (Lipinski definition) is 1. The molecular formula is C24H26N4O4S. The third kappa shape index (κ3) is 3.97. The van der Waals surface area contributed by atoms with Gasteiger partial charge in [-0.05, 0) is 49.2 Å². The summed E-state index contributed by atoms with van der Waals surface area (Å²) in [5.74, 6) is -0.136. The number of amides is 3. The van der Waals surface area contributed by atoms with Crippen LogP contribution in [0.5, 0.6) is 5.75 Å². The molecule has 9 heteroatoms. The van der Waals surface area contributed by atoms with E-state index in [1.165, 1.54) is 18.9 Å². The van der Waals surface area contributed by atoms with Gasteiger partial charge >= 0.3 is 0 Å². The van der Waals surface area contributed by atoms with Crippen LogP contribution in [-0.4, -0.2) is 41.0 Å². The number of nitrogens with one attached hydrogen (secondary N) is 1. The van der Waals surface area contributed by atoms with E-state index in [0.29, 0.717) is 25.1 Å². The van der Waals surface area contributed by atoms with Crippen LogP contribution in [0.1, 0.15) is 37.0 Å². The number of benzene rings is 2. The molecule has 2 aromatic carbocycles. The van der Waals surface area contributed by atoms with Crippen LogP contribution in [0, 0.1) is 13.8 Å². The smallest absolute Gasteiger partial charge is 0.270 e. The Balaban J connectivity index is 1.61. The average Bonchev–Trinajstić information content (AvgIpc) is 3.25. The van der Waals surface area contributed by atoms with Crippen molar-refractivity contribution >= 4 is 40.3 Å². The molecule has 2 aromatic rings. The average molecular weight is 467 g/mol. The first-order valence-electron chi connectivity index (χ1n) is 10.7. The highest BCUT2D eigenvalue weighted by Crippen LogP contribution is 2.55. The van der Waals surface area contributed by atoms with E-state index >= 15 is 0 Å². The number of hydrogen-bond acceptors (Lipinski definition) is 6. The number of fused-ring (bicyclic) bond motifs is 2. The molecule has 4 rings (SSSR count). The molecule has 3 amide bonds. The maximum Gasteiger partial charge on any atom is 0.270 e. The van der Waals surface area contributed by atoms with Gasteiger partial charge in [-0.2, -0.15) is 5.01 Å². The summed E-state index contributed by atoms with van der Waals surface area (Å²) in [4.78, 5) is 38.4. The number of para-hydroxylation sites is 2. The molecule has 0 bridgehead atoms. The molecule has 2 aliphatic heterocycles. The Morgan fingerprint density at radius 2 is 1.82 bits per heavy atom. The maximum absolute atomic E-state index is 13.9. The number of amidine groups is 1. The van der Waals surface area contributed by atoms with Crippen molar-refractivity contribution < 1.29 is 19.1 Å². The molecule has 1 spiro atoms. The molecule has 0 saturated heterocycles. The van der Waals surface area contributed by atoms with Crippen molar-refractivity contribution in [3.05, 3.63) is 59.2 Å². The van der Waals surface area contributed by atoms with Gasteiger partial charge in [0.25, 0.3) is 5.91 Å². The number of carbonyl (C=O) groups excluding carboxylic acids is 3. The quantitative estimate of drug-likeness (QED) is 0.683. The Morgan fingerprint density at radius 1 is 1.09 bits per heavy atom. The lowest BCUT2D eigenvalue weighted by atomic mass is 10.0. The van der Waals surface area contributed by atoms with Crippen molar-refractivity contribution in [1.82, 2.24) is 10.3 Å². The van der Waals surface area contributed by atoms with Gasteiger partial charge in [0.2, 0.25) is 16.7 Å². The summed E-state index contributed by atoms with van der Waals surface area (Å²) in [5, 5.41) is 8.32. The minimum Gasteiger partial charge on any atom is -0.493 e. The molecule has 0 radical (unpaired) electrons. The molecular weight excluding hydrogens is 440 g/mol. The first-order chi connectivity index (χ1) is 15.8. The molecule has 2 heterocycles. The predicted octanol–water partition coefficient (Wildman–Crippen LogP) is 3.27. The Bertz CT molecular complexity index is 1160. The lowest BCUT2D eigenvalue weighted by Crippen LogP contribution is -2.48. The highest BCUT2D eigenvalue weighted by atomic mass is 32.2. The lowest BCUT2D eigenvalue weighted by Gasteiger charge is -2.29. The summed E-state index contributed by atoms with van der Waals surface area (Å²) in [6.45, 7) is 7.52. The van der Waals surface area contributed by atoms with E-state index in [0.717, 1.165) is 34.3 Å². The van der Waals surface area contributed by atoms with Crippen molar-refractivity contribution in [2.45, 2.75) is 39.0 Å². The van der Waals surface area contributed by atoms with Crippen molar-refractivity contribution in [2.75, 3.05) is 18.1 Å². The number of rotatable bonds is 5. The molecule has 0 aliphatic carbocycles. The number of hydrazone groups is 1. The normalized spacial score (nSPS) is 19.0. The number of ether oxygens (including phenoxy) is 1. The fourth-order valence-electron chi connectivity index (χ4n) is 4.19. The van der Waals surface area contributed by atoms with Crippen LogP contribution in [-0.2, 0) is 19.3 Å². The summed E-state index contributed by atoms with van der Waals surface area (Å²) in [6, 6.07) is 13.4. The van der Waals surface area contributed by atoms with Crippen molar-refractivity contribution in [3.8, 4) is 5.75 Å². The van der Waals surface area contributed by atoms with E-state index in [-0.39, 0.29) is 22.9 Å². The zero-order chi connectivity index (χ0) is 23.8. The molecule has 0 saturated carbocycles. The minimum absolute atomic E-state index is 0.225. The van der Waals surface area contributed by atoms with Crippen LogP contribution >= 0.6 is 11.8 Å². The predicted molar refractivity (Wildman–Crippen MR) is 128 cm³/mol. The van der Waals surface area contributed by atoms with Crippen LogP contribution in [0.4, 0.5) is 5.69 Å². The van der Waals surface area contributed by atoms with Crippen LogP contribution in [0.25, 0.3) is 0 Å². The zero-order valence-electron chi connectivity index (χ0n) is 19.0. The van der Waals surface area contributed by atoms with Gasteiger partial charge in [-0.1, -0.05) is 36.4 Å². The SMILES string of the molecule is CC(=O)NC1=NN(C(C)=O)[C@@]2(S1)C(=O)N(CCCOc1ccccc1C)c1c(C)cccc12. The van der Waals surface area contributed by atoms with Gasteiger partial charge in [0.15, 0.2) is 5.17 Å². The summed E-state index contributed by atoms with van der Waals surface area (Å²) >= 11 is 1.09. The number of aryl methyl sites for hydroxylation is 2. The van der Waals surface area contributed by atoms with Crippen LogP contribution in [0.15, 0.2) is 47.6 Å². The first kappa shape index (κ1) is 22.8. The zero-order valence-corrected chi connectivity index (χ0v) is 19.9. The molecule has 33 heavy (non-hydrogen) atoms. The molecule has 0 unspecified atom stereocenters. The third-order valence-corrected chi connectivity index (χ3v) is 6.84. The Labute approximate surface area is 197 Å². The summed E-state index contributed by atoms with van der Waals surface area (Å²) < 4.78 is 5.91. The Hall–Kier alpha value is -3.33. The summed E-state index contributed by atoms with van der Waals surface area (Å²) in [7, 11) is 0. The van der Waals surface area contributed by atoms with E-state index in [2.05, 4.69) is 10.4 Å². The second-order valence-electron chi connectivity index (χ2n) is 8.06. The molecule has 1 N–H and O–H groups in total. The first-order valence-corrected chi connectivity index (χ1v) is 11.5. The highest BCUT2D eigenvalue weighted by molar-refractivity contribution is 8.15. The van der Waals surface area contributed by atoms with Gasteiger partial charge in [0.05, 0.1) is 12.3 Å². The van der Waals surface area contributed by atoms with Crippen molar-refractivity contribution in [1.29, 1.82) is 0 Å². The van der Waals surface area contributed by atoms with Gasteiger partial charge in [-0.25, -0.2) is 0 Å². The van der Waals surface area contributed by atoms with Crippen LogP contribution < -0.4 is 15.0 Å². The monoisotopic (exact) mass is 466 g/mol. The van der Waals surface area contributed by atoms with E-state index in [1.807, 2.05) is 56.3 Å². The van der Waals surface area contributed by atoms with Crippen LogP contribution in [0.3, 0.4) is 0 Å². The Morgan fingerprint density at radius 3 is 2.52 bits per heavy atom. The van der Waals surface area contributed by atoms with Gasteiger partial charge in [-0.3, -0.25) is 14.4 Å². The maximum atomic E-state index is 13.9. The summed E-state index contributed by atoms with van der Waals surface area (Å²) in [5.41, 5.74) is 3.44. The number of anilines is 1. The number of carbonyl (C=O) groups is 3. The molecule has 2 aliphatic rings. The van der Waals surface area contributed by atoms with Crippen LogP contribution in [0.2, 0.25) is 0 Å². The topological polar surface area (TPSA) is 91.3 Å². The third-order valence-electron chi connectivity index (χ3n) is 5.60. The molecule has 172 valence electrons. The number of nitrogens with zero attached hydrogens (tertiary/aromatic N) is 3. The second kappa shape index (κ2) is 8.90. The Kier molecular flexibility index (Phi) is 6.16. The minimum atomic E-state index is -1.37. The molecule has 0 fully saturated rings. The van der Waals surface area contributed by atoms with E-state index in [4.69, 9.17) is 4.74 Å². The van der Waals surface area contributed by atoms with Gasteiger partial charge in [0, 0.05) is 26.0 Å². The van der Waals surface area contributed by atoms with E-state index in [9.17, 15) is 14.4 Å². The van der Waals surface area contributed by atoms with E-state index < -0.39 is 4.87 Å².